The molecule has 2 aliphatic rings. The van der Waals surface area contributed by atoms with E-state index in [0.29, 0.717) is 13.0 Å². The van der Waals surface area contributed by atoms with Crippen LogP contribution < -0.4 is 5.73 Å². The topological polar surface area (TPSA) is 155 Å². The summed E-state index contributed by atoms with van der Waals surface area (Å²) < 4.78 is 18.3. The van der Waals surface area contributed by atoms with Crippen LogP contribution in [-0.4, -0.2) is 105 Å². The molecule has 14 atom stereocenters. The van der Waals surface area contributed by atoms with Crippen LogP contribution in [-0.2, 0) is 19.0 Å². The van der Waals surface area contributed by atoms with E-state index in [1.54, 1.807) is 34.6 Å². The lowest BCUT2D eigenvalue weighted by atomic mass is 9.78. The van der Waals surface area contributed by atoms with Crippen LogP contribution in [0.1, 0.15) is 81.6 Å². The van der Waals surface area contributed by atoms with Crippen molar-refractivity contribution in [2.45, 2.75) is 142 Å². The van der Waals surface area contributed by atoms with Gasteiger partial charge in [-0.2, -0.15) is 0 Å². The Balaban J connectivity index is 2.50. The highest BCUT2D eigenvalue weighted by atomic mass is 16.7. The number of carbonyl (C=O) groups excluding carboxylic acids is 1. The average molecular weight is 561 g/mol. The Bertz CT molecular complexity index is 783. The van der Waals surface area contributed by atoms with Gasteiger partial charge in [-0.15, -0.1) is 0 Å². The summed E-state index contributed by atoms with van der Waals surface area (Å²) in [5.41, 5.74) is 3.12. The minimum absolute atomic E-state index is 0.0600. The summed E-state index contributed by atoms with van der Waals surface area (Å²) in [6, 6.07) is -0.632. The summed E-state index contributed by atoms with van der Waals surface area (Å²) in [6.45, 7) is 16.5. The van der Waals surface area contributed by atoms with Crippen LogP contribution >= 0.6 is 0 Å². The van der Waals surface area contributed by atoms with Crippen LogP contribution in [0.25, 0.3) is 0 Å². The Kier molecular flexibility index (Phi) is 11.8. The maximum absolute atomic E-state index is 13.5. The molecule has 2 fully saturated rings. The lowest BCUT2D eigenvalue weighted by molar-refractivity contribution is -0.253. The van der Waals surface area contributed by atoms with Crippen LogP contribution in [0.3, 0.4) is 0 Å². The second-order valence-electron chi connectivity index (χ2n) is 13.1. The molecule has 2 saturated heterocycles. The first-order chi connectivity index (χ1) is 17.8. The molecule has 0 radical (unpaired) electrons. The number of aliphatic hydroxyl groups is 4. The summed E-state index contributed by atoms with van der Waals surface area (Å²) >= 11 is 0. The van der Waals surface area contributed by atoms with Crippen LogP contribution in [0, 0.1) is 23.7 Å². The van der Waals surface area contributed by atoms with Crippen molar-refractivity contribution >= 4 is 5.97 Å². The van der Waals surface area contributed by atoms with Gasteiger partial charge in [0.1, 0.15) is 17.8 Å². The highest BCUT2D eigenvalue weighted by Crippen LogP contribution is 2.35. The van der Waals surface area contributed by atoms with Crippen molar-refractivity contribution in [2.75, 3.05) is 13.6 Å². The molecule has 39 heavy (non-hydrogen) atoms. The molecule has 2 aliphatic heterocycles. The molecule has 10 nitrogen and oxygen atoms in total. The summed E-state index contributed by atoms with van der Waals surface area (Å²) in [4.78, 5) is 15.5. The molecule has 0 aromatic carbocycles. The van der Waals surface area contributed by atoms with E-state index in [4.69, 9.17) is 19.9 Å². The number of nitrogens with zero attached hydrogens (tertiary/aromatic N) is 1. The van der Waals surface area contributed by atoms with Crippen molar-refractivity contribution in [3.8, 4) is 0 Å². The van der Waals surface area contributed by atoms with Crippen LogP contribution in [0.15, 0.2) is 0 Å². The molecule has 0 bridgehead atoms. The van der Waals surface area contributed by atoms with E-state index in [-0.39, 0.29) is 36.8 Å². The number of rotatable bonds is 3. The fourth-order valence-electron chi connectivity index (χ4n) is 6.38. The average Bonchev–Trinajstić information content (AvgIpc) is 2.85. The minimum atomic E-state index is -1.72. The molecule has 2 heterocycles. The maximum Gasteiger partial charge on any atom is 0.311 e. The quantitative estimate of drug-likeness (QED) is 0.322. The van der Waals surface area contributed by atoms with Crippen molar-refractivity contribution in [3.63, 3.8) is 0 Å². The van der Waals surface area contributed by atoms with Gasteiger partial charge < -0.3 is 45.3 Å². The van der Waals surface area contributed by atoms with Crippen molar-refractivity contribution < 1.29 is 39.4 Å². The molecule has 0 amide bonds. The fourth-order valence-corrected chi connectivity index (χ4v) is 6.38. The van der Waals surface area contributed by atoms with E-state index in [1.807, 2.05) is 32.7 Å². The van der Waals surface area contributed by atoms with Gasteiger partial charge in [-0.25, -0.2) is 0 Å². The summed E-state index contributed by atoms with van der Waals surface area (Å²) in [5, 5.41) is 45.5. The van der Waals surface area contributed by atoms with Crippen LogP contribution in [0.2, 0.25) is 0 Å². The van der Waals surface area contributed by atoms with Gasteiger partial charge in [0, 0.05) is 31.0 Å². The molecule has 230 valence electrons. The van der Waals surface area contributed by atoms with Gasteiger partial charge in [-0.3, -0.25) is 4.79 Å². The molecular formula is C29H56N2O8. The molecule has 2 rings (SSSR count). The molecule has 0 spiro atoms. The van der Waals surface area contributed by atoms with E-state index in [9.17, 15) is 25.2 Å². The second-order valence-corrected chi connectivity index (χ2v) is 13.1. The molecule has 0 aromatic heterocycles. The smallest absolute Gasteiger partial charge is 0.311 e. The van der Waals surface area contributed by atoms with Crippen molar-refractivity contribution in [1.29, 1.82) is 0 Å². The van der Waals surface area contributed by atoms with Gasteiger partial charge in [0.2, 0.25) is 0 Å². The molecule has 6 N–H and O–H groups in total. The summed E-state index contributed by atoms with van der Waals surface area (Å²) in [6.07, 6.45) is -4.20. The van der Waals surface area contributed by atoms with Crippen LogP contribution in [0.4, 0.5) is 0 Å². The van der Waals surface area contributed by atoms with E-state index in [1.165, 1.54) is 6.92 Å². The Hall–Kier alpha value is -0.850. The van der Waals surface area contributed by atoms with Gasteiger partial charge in [-0.05, 0) is 66.3 Å². The standard InChI is InChI=1S/C29H56N2O8/c1-11-22-29(9,36)26(33)19(6)31(10)14-15(2)13-28(8,35)25(32)17(4)24(18(5)27(34)38-22)39-23-12-21(30)16(3)20(7)37-23/h15-26,32-33,35-36H,11-14,30H2,1-10H3/t15-,16-,17+,18-,19-,20?,21?,22-,23+,24+,25-,26-,28-,29-/m1/s1. The number of nitrogens with two attached hydrogens (primary N) is 1. The summed E-state index contributed by atoms with van der Waals surface area (Å²) in [5.74, 6) is -2.13. The monoisotopic (exact) mass is 560 g/mol. The summed E-state index contributed by atoms with van der Waals surface area (Å²) in [7, 11) is 1.84. The van der Waals surface area contributed by atoms with Gasteiger partial charge in [-0.1, -0.05) is 27.7 Å². The van der Waals surface area contributed by atoms with Gasteiger partial charge in [0.15, 0.2) is 6.29 Å². The lowest BCUT2D eigenvalue weighted by Crippen LogP contribution is -2.59. The molecule has 0 saturated carbocycles. The molecule has 2 unspecified atom stereocenters. The maximum atomic E-state index is 13.5. The Morgan fingerprint density at radius 3 is 2.18 bits per heavy atom. The highest BCUT2D eigenvalue weighted by Gasteiger charge is 2.48. The number of carbonyl (C=O) groups is 1. The molecular weight excluding hydrogens is 504 g/mol. The minimum Gasteiger partial charge on any atom is -0.459 e. The van der Waals surface area contributed by atoms with E-state index < -0.39 is 65.8 Å². The third kappa shape index (κ3) is 7.92. The number of hydrogen-bond acceptors (Lipinski definition) is 10. The number of esters is 1. The predicted molar refractivity (Wildman–Crippen MR) is 149 cm³/mol. The van der Waals surface area contributed by atoms with Gasteiger partial charge in [0.05, 0.1) is 29.8 Å². The van der Waals surface area contributed by atoms with Gasteiger partial charge in [0.25, 0.3) is 0 Å². The van der Waals surface area contributed by atoms with E-state index >= 15 is 0 Å². The van der Waals surface area contributed by atoms with Gasteiger partial charge >= 0.3 is 5.97 Å². The fraction of sp³-hybridized carbons (Fsp3) is 0.966. The number of likely N-dealkylation sites (N-methyl/N-ethyl adjacent to an activating group) is 1. The number of aliphatic hydroxyl groups excluding tert-OH is 2. The molecule has 0 aliphatic carbocycles. The van der Waals surface area contributed by atoms with Crippen molar-refractivity contribution in [1.82, 2.24) is 4.90 Å². The third-order valence-electron chi connectivity index (χ3n) is 9.47. The predicted octanol–water partition coefficient (Wildman–Crippen LogP) is 1.65. The first-order valence-corrected chi connectivity index (χ1v) is 14.6. The largest absolute Gasteiger partial charge is 0.459 e. The van der Waals surface area contributed by atoms with Crippen LogP contribution in [0.5, 0.6) is 0 Å². The van der Waals surface area contributed by atoms with Crippen molar-refractivity contribution in [2.24, 2.45) is 29.4 Å². The first kappa shape index (κ1) is 34.4. The van der Waals surface area contributed by atoms with E-state index in [2.05, 4.69) is 0 Å². The number of cyclic esters (lactones) is 1. The zero-order valence-corrected chi connectivity index (χ0v) is 25.7. The Morgan fingerprint density at radius 2 is 1.64 bits per heavy atom. The SMILES string of the molecule is CC[C@H]1OC(=O)[C@H](C)[C@@H](O[C@H]2CC(N)[C@H](C)C(C)O2)[C@H](C)[C@@H](O)[C@](C)(O)C[C@@H](C)CN(C)[C@H](C)[C@@H](O)[C@]1(C)O. The number of ether oxygens (including phenoxy) is 3. The Morgan fingerprint density at radius 1 is 1.05 bits per heavy atom. The zero-order chi connectivity index (χ0) is 30.0. The normalized spacial score (nSPS) is 50.1. The first-order valence-electron chi connectivity index (χ1n) is 14.6. The molecule has 10 heteroatoms. The van der Waals surface area contributed by atoms with Crippen molar-refractivity contribution in [3.05, 3.63) is 0 Å². The van der Waals surface area contributed by atoms with E-state index in [0.717, 1.165) is 0 Å². The lowest BCUT2D eigenvalue weighted by Gasteiger charge is -2.43. The highest BCUT2D eigenvalue weighted by molar-refractivity contribution is 5.73. The zero-order valence-electron chi connectivity index (χ0n) is 25.7. The molecule has 0 aromatic rings. The number of hydrogen-bond donors (Lipinski definition) is 5. The third-order valence-corrected chi connectivity index (χ3v) is 9.47. The second kappa shape index (κ2) is 13.4. The Labute approximate surface area is 235 Å².